The normalized spacial score (nSPS) is 10.8. The molecule has 0 saturated heterocycles. The lowest BCUT2D eigenvalue weighted by Crippen LogP contribution is -2.18. The zero-order chi connectivity index (χ0) is 10.7. The molecule has 2 aromatic rings. The van der Waals surface area contributed by atoms with Crippen molar-refractivity contribution in [3.8, 4) is 0 Å². The molecule has 80 valence electrons. The lowest BCUT2D eigenvalue weighted by molar-refractivity contribution is 0.819. The van der Waals surface area contributed by atoms with E-state index < -0.39 is 0 Å². The molecule has 3 N–H and O–H groups in total. The largest absolute Gasteiger partial charge is 0.354 e. The molecule has 2 rings (SSSR count). The number of rotatable bonds is 4. The third-order valence-electron chi connectivity index (χ3n) is 1.91. The van der Waals surface area contributed by atoms with Crippen LogP contribution in [0.1, 0.15) is 0 Å². The first-order chi connectivity index (χ1) is 7.31. The van der Waals surface area contributed by atoms with E-state index in [1.165, 1.54) is 6.33 Å². The Kier molecular flexibility index (Phi) is 2.98. The highest BCUT2D eigenvalue weighted by Gasteiger charge is 2.06. The van der Waals surface area contributed by atoms with Crippen LogP contribution in [0.15, 0.2) is 6.33 Å². The van der Waals surface area contributed by atoms with E-state index in [1.807, 2.05) is 7.05 Å². The molecule has 2 aromatic heterocycles. The maximum absolute atomic E-state index is 5.87. The minimum Gasteiger partial charge on any atom is -0.354 e. The van der Waals surface area contributed by atoms with Gasteiger partial charge in [0.1, 0.15) is 11.8 Å². The Labute approximate surface area is 91.5 Å². The van der Waals surface area contributed by atoms with Crippen molar-refractivity contribution >= 4 is 28.7 Å². The number of likely N-dealkylation sites (N-methyl/N-ethyl adjacent to an activating group) is 1. The molecule has 0 saturated carbocycles. The number of halogens is 1. The first kappa shape index (κ1) is 10.1. The van der Waals surface area contributed by atoms with E-state index in [0.29, 0.717) is 22.3 Å². The van der Waals surface area contributed by atoms with Gasteiger partial charge in [-0.05, 0) is 7.05 Å². The molecule has 0 bridgehead atoms. The van der Waals surface area contributed by atoms with Gasteiger partial charge < -0.3 is 15.6 Å². The number of hydrogen-bond donors (Lipinski definition) is 3. The first-order valence-electron chi connectivity index (χ1n) is 4.56. The van der Waals surface area contributed by atoms with Gasteiger partial charge in [0.25, 0.3) is 0 Å². The molecule has 0 aliphatic heterocycles. The lowest BCUT2D eigenvalue weighted by atomic mass is 10.6. The summed E-state index contributed by atoms with van der Waals surface area (Å²) in [5.74, 6) is 0.655. The highest BCUT2D eigenvalue weighted by molar-refractivity contribution is 6.33. The van der Waals surface area contributed by atoms with Crippen LogP contribution < -0.4 is 10.6 Å². The van der Waals surface area contributed by atoms with E-state index in [0.717, 1.165) is 13.1 Å². The number of fused-ring (bicyclic) bond motifs is 1. The zero-order valence-electron chi connectivity index (χ0n) is 8.21. The number of nitrogens with one attached hydrogen (secondary N) is 3. The van der Waals surface area contributed by atoms with Crippen molar-refractivity contribution < 1.29 is 0 Å². The third-order valence-corrected chi connectivity index (χ3v) is 2.20. The summed E-state index contributed by atoms with van der Waals surface area (Å²) in [5.41, 5.74) is 1.23. The third kappa shape index (κ3) is 2.16. The topological polar surface area (TPSA) is 78.5 Å². The van der Waals surface area contributed by atoms with Gasteiger partial charge in [-0.1, -0.05) is 11.6 Å². The van der Waals surface area contributed by atoms with Crippen LogP contribution in [0.25, 0.3) is 11.2 Å². The standard InChI is InChI=1S/C8H11ClN6/c1-10-2-3-11-8-14-5-6(9)12-4-13-7(5)15-8/h4,10H,2-3H2,1H3,(H2,11,12,13,14,15). The van der Waals surface area contributed by atoms with Gasteiger partial charge in [0.2, 0.25) is 5.95 Å². The van der Waals surface area contributed by atoms with Gasteiger partial charge in [-0.2, -0.15) is 4.98 Å². The van der Waals surface area contributed by atoms with Gasteiger partial charge in [0.15, 0.2) is 10.8 Å². The lowest BCUT2D eigenvalue weighted by Gasteiger charge is -1.99. The number of anilines is 1. The molecule has 0 amide bonds. The predicted octanol–water partition coefficient (Wildman–Crippen LogP) is 0.638. The van der Waals surface area contributed by atoms with Crippen molar-refractivity contribution in [2.45, 2.75) is 0 Å². The highest BCUT2D eigenvalue weighted by Crippen LogP contribution is 2.17. The minimum atomic E-state index is 0.383. The first-order valence-corrected chi connectivity index (χ1v) is 4.93. The summed E-state index contributed by atoms with van der Waals surface area (Å²) >= 11 is 5.87. The van der Waals surface area contributed by atoms with Crippen molar-refractivity contribution in [2.24, 2.45) is 0 Å². The molecule has 0 atom stereocenters. The van der Waals surface area contributed by atoms with Crippen LogP contribution in [-0.4, -0.2) is 40.1 Å². The summed E-state index contributed by atoms with van der Waals surface area (Å²) in [7, 11) is 1.89. The maximum Gasteiger partial charge on any atom is 0.202 e. The Hall–Kier alpha value is -1.40. The Morgan fingerprint density at radius 1 is 1.40 bits per heavy atom. The second kappa shape index (κ2) is 4.41. The number of H-pyrrole nitrogens is 1. The highest BCUT2D eigenvalue weighted by atomic mass is 35.5. The average Bonchev–Trinajstić information content (AvgIpc) is 2.63. The van der Waals surface area contributed by atoms with Crippen molar-refractivity contribution in [3.05, 3.63) is 11.5 Å². The zero-order valence-corrected chi connectivity index (χ0v) is 8.97. The van der Waals surface area contributed by atoms with Gasteiger partial charge >= 0.3 is 0 Å². The maximum atomic E-state index is 5.87. The van der Waals surface area contributed by atoms with E-state index in [4.69, 9.17) is 11.6 Å². The molecule has 0 aliphatic rings. The summed E-state index contributed by atoms with van der Waals surface area (Å²) < 4.78 is 0. The predicted molar refractivity (Wildman–Crippen MR) is 59.1 cm³/mol. The molecule has 0 spiro atoms. The Morgan fingerprint density at radius 3 is 3.00 bits per heavy atom. The second-order valence-corrected chi connectivity index (χ2v) is 3.34. The van der Waals surface area contributed by atoms with Crippen molar-refractivity contribution in [2.75, 3.05) is 25.5 Å². The minimum absolute atomic E-state index is 0.383. The van der Waals surface area contributed by atoms with E-state index in [1.54, 1.807) is 0 Å². The summed E-state index contributed by atoms with van der Waals surface area (Å²) in [6.45, 7) is 1.64. The van der Waals surface area contributed by atoms with Crippen LogP contribution in [0, 0.1) is 0 Å². The van der Waals surface area contributed by atoms with Crippen LogP contribution in [0.2, 0.25) is 5.15 Å². The number of aromatic amines is 1. The van der Waals surface area contributed by atoms with Crippen molar-refractivity contribution in [1.82, 2.24) is 25.3 Å². The SMILES string of the molecule is CNCCNc1nc2ncnc(Cl)c2[nH]1. The quantitative estimate of drug-likeness (QED) is 0.527. The van der Waals surface area contributed by atoms with Crippen LogP contribution in [0.5, 0.6) is 0 Å². The van der Waals surface area contributed by atoms with E-state index in [-0.39, 0.29) is 0 Å². The Bertz CT molecular complexity index is 453. The van der Waals surface area contributed by atoms with Crippen molar-refractivity contribution in [1.29, 1.82) is 0 Å². The van der Waals surface area contributed by atoms with Crippen molar-refractivity contribution in [3.63, 3.8) is 0 Å². The number of imidazole rings is 1. The van der Waals surface area contributed by atoms with Crippen LogP contribution in [0.3, 0.4) is 0 Å². The fraction of sp³-hybridized carbons (Fsp3) is 0.375. The molecule has 0 aliphatic carbocycles. The Morgan fingerprint density at radius 2 is 2.27 bits per heavy atom. The molecule has 6 nitrogen and oxygen atoms in total. The molecule has 7 heteroatoms. The van der Waals surface area contributed by atoms with Gasteiger partial charge in [-0.15, -0.1) is 0 Å². The number of hydrogen-bond acceptors (Lipinski definition) is 5. The van der Waals surface area contributed by atoms with Gasteiger partial charge in [-0.3, -0.25) is 0 Å². The fourth-order valence-electron chi connectivity index (χ4n) is 1.19. The molecule has 0 fully saturated rings. The molecule has 15 heavy (non-hydrogen) atoms. The summed E-state index contributed by atoms with van der Waals surface area (Å²) in [4.78, 5) is 15.1. The molecule has 2 heterocycles. The van der Waals surface area contributed by atoms with Crippen LogP contribution in [0.4, 0.5) is 5.95 Å². The average molecular weight is 227 g/mol. The summed E-state index contributed by atoms with van der Waals surface area (Å²) in [5, 5.41) is 6.52. The molecular weight excluding hydrogens is 216 g/mol. The molecular formula is C8H11ClN6. The van der Waals surface area contributed by atoms with E-state index in [9.17, 15) is 0 Å². The summed E-state index contributed by atoms with van der Waals surface area (Å²) in [6, 6.07) is 0. The van der Waals surface area contributed by atoms with E-state index in [2.05, 4.69) is 30.6 Å². The van der Waals surface area contributed by atoms with E-state index >= 15 is 0 Å². The number of aromatic nitrogens is 4. The monoisotopic (exact) mass is 226 g/mol. The Balaban J connectivity index is 2.20. The van der Waals surface area contributed by atoms with Crippen LogP contribution in [-0.2, 0) is 0 Å². The molecule has 0 radical (unpaired) electrons. The second-order valence-electron chi connectivity index (χ2n) is 2.98. The molecule has 0 aromatic carbocycles. The van der Waals surface area contributed by atoms with Crippen LogP contribution >= 0.6 is 11.6 Å². The van der Waals surface area contributed by atoms with Gasteiger partial charge in [0, 0.05) is 13.1 Å². The summed E-state index contributed by atoms with van der Waals surface area (Å²) in [6.07, 6.45) is 1.39. The fourth-order valence-corrected chi connectivity index (χ4v) is 1.37. The smallest absolute Gasteiger partial charge is 0.202 e. The number of nitrogens with zero attached hydrogens (tertiary/aromatic N) is 3. The molecule has 0 unspecified atom stereocenters. The van der Waals surface area contributed by atoms with Gasteiger partial charge in [-0.25, -0.2) is 9.97 Å². The van der Waals surface area contributed by atoms with Gasteiger partial charge in [0.05, 0.1) is 0 Å².